The zero-order chi connectivity index (χ0) is 17.3. The first-order chi connectivity index (χ1) is 10.8. The van der Waals surface area contributed by atoms with Crippen LogP contribution >= 0.6 is 0 Å². The van der Waals surface area contributed by atoms with Gasteiger partial charge in [0.15, 0.2) is 0 Å². The lowest BCUT2D eigenvalue weighted by Gasteiger charge is -2.09. The van der Waals surface area contributed by atoms with Gasteiger partial charge >= 0.3 is 12.4 Å². The third-order valence-electron chi connectivity index (χ3n) is 2.61. The van der Waals surface area contributed by atoms with E-state index in [2.05, 4.69) is 26.6 Å². The van der Waals surface area contributed by atoms with Gasteiger partial charge in [-0.3, -0.25) is 0 Å². The van der Waals surface area contributed by atoms with Gasteiger partial charge in [-0.2, -0.15) is 4.98 Å². The molecule has 8 heteroatoms. The molecule has 0 saturated carbocycles. The third-order valence-corrected chi connectivity index (χ3v) is 2.61. The molecule has 5 nitrogen and oxygen atoms in total. The third kappa shape index (κ3) is 7.89. The Hall–Kier alpha value is -2.51. The number of hydrogen-bond acceptors (Lipinski definition) is 5. The van der Waals surface area contributed by atoms with Gasteiger partial charge in [-0.25, -0.2) is 4.98 Å². The highest BCUT2D eigenvalue weighted by atomic mass is 19.4. The quantitative estimate of drug-likeness (QED) is 0.580. The Bertz CT molecular complexity index is 584. The van der Waals surface area contributed by atoms with Crippen molar-refractivity contribution in [3.8, 4) is 6.01 Å². The number of methoxy groups -OCH3 is 1. The highest BCUT2D eigenvalue weighted by molar-refractivity contribution is 5.34. The Balaban J connectivity index is 2.51. The highest BCUT2D eigenvalue weighted by Gasteiger charge is 2.31. The molecule has 0 aromatic carbocycles. The molecule has 1 aromatic rings. The number of allylic oxidation sites excluding steroid dienone is 3. The van der Waals surface area contributed by atoms with Crippen molar-refractivity contribution in [1.82, 2.24) is 9.97 Å². The average Bonchev–Trinajstić information content (AvgIpc) is 2.50. The topological polar surface area (TPSA) is 56.3 Å². The Morgan fingerprint density at radius 1 is 1.39 bits per heavy atom. The first-order valence-electron chi connectivity index (χ1n) is 6.70. The minimum absolute atomic E-state index is 0.255. The summed E-state index contributed by atoms with van der Waals surface area (Å²) >= 11 is 0. The highest BCUT2D eigenvalue weighted by Crippen LogP contribution is 2.21. The number of anilines is 1. The van der Waals surface area contributed by atoms with Crippen LogP contribution in [0.1, 0.15) is 13.3 Å². The van der Waals surface area contributed by atoms with Crippen molar-refractivity contribution >= 4 is 5.82 Å². The lowest BCUT2D eigenvalue weighted by atomic mass is 10.2. The molecule has 0 amide bonds. The molecule has 0 bridgehead atoms. The number of nitrogens with one attached hydrogen (secondary N) is 1. The normalized spacial score (nSPS) is 12.7. The minimum atomic E-state index is -4.73. The largest absolute Gasteiger partial charge is 0.573 e. The fourth-order valence-electron chi connectivity index (χ4n) is 1.51. The average molecular weight is 329 g/mol. The van der Waals surface area contributed by atoms with E-state index in [1.807, 2.05) is 0 Å². The zero-order valence-electron chi connectivity index (χ0n) is 12.9. The number of halogens is 3. The van der Waals surface area contributed by atoms with Crippen LogP contribution in [0.3, 0.4) is 0 Å². The van der Waals surface area contributed by atoms with Gasteiger partial charge in [0, 0.05) is 12.7 Å². The summed E-state index contributed by atoms with van der Waals surface area (Å²) in [4.78, 5) is 7.96. The smallest absolute Gasteiger partial charge is 0.467 e. The maximum Gasteiger partial charge on any atom is 0.573 e. The number of alkyl halides is 3. The van der Waals surface area contributed by atoms with Crippen LogP contribution in [0.5, 0.6) is 6.01 Å². The van der Waals surface area contributed by atoms with Crippen molar-refractivity contribution in [2.24, 2.45) is 0 Å². The monoisotopic (exact) mass is 329 g/mol. The Morgan fingerprint density at radius 3 is 2.74 bits per heavy atom. The predicted molar refractivity (Wildman–Crippen MR) is 80.9 cm³/mol. The van der Waals surface area contributed by atoms with E-state index < -0.39 is 6.36 Å². The minimum Gasteiger partial charge on any atom is -0.467 e. The molecule has 0 unspecified atom stereocenters. The van der Waals surface area contributed by atoms with Crippen LogP contribution in [0, 0.1) is 0 Å². The summed E-state index contributed by atoms with van der Waals surface area (Å²) in [6.07, 6.45) is 1.22. The van der Waals surface area contributed by atoms with E-state index in [1.165, 1.54) is 13.2 Å². The van der Waals surface area contributed by atoms with Crippen LogP contribution in [-0.4, -0.2) is 30.0 Å². The Morgan fingerprint density at radius 2 is 2.13 bits per heavy atom. The van der Waals surface area contributed by atoms with Crippen molar-refractivity contribution in [2.45, 2.75) is 19.7 Å². The van der Waals surface area contributed by atoms with Crippen LogP contribution in [0.4, 0.5) is 19.0 Å². The fourth-order valence-corrected chi connectivity index (χ4v) is 1.51. The summed E-state index contributed by atoms with van der Waals surface area (Å²) in [5, 5.41) is 3.07. The van der Waals surface area contributed by atoms with Gasteiger partial charge in [0.05, 0.1) is 7.11 Å². The maximum atomic E-state index is 12.1. The second-order valence-electron chi connectivity index (χ2n) is 4.44. The molecular formula is C15H18F3N3O2. The van der Waals surface area contributed by atoms with Gasteiger partial charge in [0.2, 0.25) is 0 Å². The molecule has 1 aromatic heterocycles. The molecule has 0 atom stereocenters. The molecule has 126 valence electrons. The number of nitrogens with zero attached hydrogens (tertiary/aromatic N) is 2. The molecule has 1 heterocycles. The van der Waals surface area contributed by atoms with Crippen LogP contribution in [-0.2, 0) is 4.74 Å². The summed E-state index contributed by atoms with van der Waals surface area (Å²) < 4.78 is 45.0. The van der Waals surface area contributed by atoms with Gasteiger partial charge in [-0.1, -0.05) is 18.2 Å². The number of rotatable bonds is 8. The van der Waals surface area contributed by atoms with Gasteiger partial charge in [-0.05, 0) is 31.6 Å². The zero-order valence-corrected chi connectivity index (χ0v) is 12.9. The molecule has 1 N–H and O–H groups in total. The first-order valence-corrected chi connectivity index (χ1v) is 6.70. The Kier molecular flexibility index (Phi) is 7.11. The molecular weight excluding hydrogens is 311 g/mol. The summed E-state index contributed by atoms with van der Waals surface area (Å²) in [5.74, 6) is 0.248. The molecule has 0 aliphatic rings. The standard InChI is InChI=1S/C15H18F3N3O2/c1-4-12(23-15(16,17)18)6-5-11(2)7-9-19-13-8-10-20-14(21-13)22-3/h4-6,8,10H,1,7,9H2,2-3H3,(H,19,20,21)/b11-5+,12-6+. The van der Waals surface area contributed by atoms with E-state index >= 15 is 0 Å². The SMILES string of the molecule is C=C/C(=C\C=C(/C)CCNc1ccnc(OC)n1)OC(F)(F)F. The fraction of sp³-hybridized carbons (Fsp3) is 0.333. The van der Waals surface area contributed by atoms with E-state index in [0.717, 1.165) is 11.6 Å². The van der Waals surface area contributed by atoms with Crippen molar-refractivity contribution in [1.29, 1.82) is 0 Å². The molecule has 1 rings (SSSR count). The van der Waals surface area contributed by atoms with Crippen molar-refractivity contribution < 1.29 is 22.6 Å². The lowest BCUT2D eigenvalue weighted by molar-refractivity contribution is -0.303. The van der Waals surface area contributed by atoms with Crippen LogP contribution in [0.2, 0.25) is 0 Å². The molecule has 0 saturated heterocycles. The Labute approximate surface area is 132 Å². The number of aromatic nitrogens is 2. The summed E-state index contributed by atoms with van der Waals surface area (Å²) in [7, 11) is 1.47. The second-order valence-corrected chi connectivity index (χ2v) is 4.44. The molecule has 0 aliphatic heterocycles. The van der Waals surface area contributed by atoms with Gasteiger partial charge in [0.25, 0.3) is 0 Å². The van der Waals surface area contributed by atoms with Gasteiger partial charge in [0.1, 0.15) is 11.6 Å². The van der Waals surface area contributed by atoms with Crippen molar-refractivity contribution in [3.63, 3.8) is 0 Å². The van der Waals surface area contributed by atoms with Gasteiger partial charge < -0.3 is 14.8 Å². The number of hydrogen-bond donors (Lipinski definition) is 1. The summed E-state index contributed by atoms with van der Waals surface area (Å²) in [6.45, 7) is 5.63. The van der Waals surface area contributed by atoms with Crippen LogP contribution in [0.25, 0.3) is 0 Å². The molecule has 0 aliphatic carbocycles. The second kappa shape index (κ2) is 8.82. The summed E-state index contributed by atoms with van der Waals surface area (Å²) in [6, 6.07) is 1.94. The predicted octanol–water partition coefficient (Wildman–Crippen LogP) is 3.84. The number of ether oxygens (including phenoxy) is 2. The van der Waals surface area contributed by atoms with E-state index in [-0.39, 0.29) is 11.8 Å². The molecule has 23 heavy (non-hydrogen) atoms. The maximum absolute atomic E-state index is 12.1. The first kappa shape index (κ1) is 18.5. The molecule has 0 spiro atoms. The van der Waals surface area contributed by atoms with Gasteiger partial charge in [-0.15, -0.1) is 13.2 Å². The van der Waals surface area contributed by atoms with Crippen LogP contribution < -0.4 is 10.1 Å². The van der Waals surface area contributed by atoms with E-state index in [1.54, 1.807) is 25.3 Å². The van der Waals surface area contributed by atoms with E-state index in [0.29, 0.717) is 18.8 Å². The molecule has 0 radical (unpaired) electrons. The van der Waals surface area contributed by atoms with Crippen LogP contribution in [0.15, 0.2) is 48.4 Å². The molecule has 0 fully saturated rings. The van der Waals surface area contributed by atoms with E-state index in [4.69, 9.17) is 4.74 Å². The van der Waals surface area contributed by atoms with Crippen molar-refractivity contribution in [3.05, 3.63) is 48.4 Å². The van der Waals surface area contributed by atoms with E-state index in [9.17, 15) is 13.2 Å². The van der Waals surface area contributed by atoms with Crippen molar-refractivity contribution in [2.75, 3.05) is 19.0 Å². The lowest BCUT2D eigenvalue weighted by Crippen LogP contribution is -2.11. The summed E-state index contributed by atoms with van der Waals surface area (Å²) in [5.41, 5.74) is 0.864.